The maximum atomic E-state index is 12.9. The molecular weight excluding hydrogens is 368 g/mol. The third-order valence-corrected chi connectivity index (χ3v) is 4.81. The Morgan fingerprint density at radius 3 is 2.79 bits per heavy atom. The number of aromatic nitrogens is 4. The molecule has 0 radical (unpaired) electrons. The van der Waals surface area contributed by atoms with Crippen LogP contribution in [0.1, 0.15) is 40.6 Å². The van der Waals surface area contributed by atoms with Crippen LogP contribution in [0.15, 0.2) is 48.8 Å². The minimum atomic E-state index is -0.142. The number of rotatable bonds is 4. The van der Waals surface area contributed by atoms with Crippen LogP contribution in [0.4, 0.5) is 5.95 Å². The number of likely N-dealkylation sites (tertiary alicyclic amines) is 1. The molecule has 1 aliphatic rings. The number of para-hydroxylation sites is 1. The molecule has 0 bridgehead atoms. The van der Waals surface area contributed by atoms with Crippen molar-refractivity contribution < 1.29 is 9.53 Å². The normalized spacial score (nSPS) is 16.4. The summed E-state index contributed by atoms with van der Waals surface area (Å²) in [6.45, 7) is 3.01. The second kappa shape index (κ2) is 8.22. The first-order valence-electron chi connectivity index (χ1n) is 9.54. The van der Waals surface area contributed by atoms with E-state index in [2.05, 4.69) is 19.9 Å². The fourth-order valence-corrected chi connectivity index (χ4v) is 3.48. The van der Waals surface area contributed by atoms with Crippen molar-refractivity contribution in [1.29, 1.82) is 0 Å². The van der Waals surface area contributed by atoms with Crippen LogP contribution in [-0.2, 0) is 0 Å². The average Bonchev–Trinajstić information content (AvgIpc) is 2.73. The molecule has 0 spiro atoms. The van der Waals surface area contributed by atoms with Crippen LogP contribution in [0.5, 0.6) is 11.6 Å². The van der Waals surface area contributed by atoms with E-state index >= 15 is 0 Å². The van der Waals surface area contributed by atoms with Gasteiger partial charge in [0.1, 0.15) is 11.4 Å². The second-order valence-corrected chi connectivity index (χ2v) is 7.04. The molecule has 0 saturated carbocycles. The van der Waals surface area contributed by atoms with E-state index in [1.54, 1.807) is 30.3 Å². The monoisotopic (exact) mass is 390 g/mol. The minimum Gasteiger partial charge on any atom is -0.437 e. The average molecular weight is 390 g/mol. The van der Waals surface area contributed by atoms with E-state index in [1.807, 2.05) is 30.3 Å². The van der Waals surface area contributed by atoms with Gasteiger partial charge in [-0.3, -0.25) is 9.78 Å². The van der Waals surface area contributed by atoms with Gasteiger partial charge in [-0.2, -0.15) is 0 Å². The quantitative estimate of drug-likeness (QED) is 0.730. The molecule has 0 aliphatic carbocycles. The number of piperidine rings is 1. The number of hydrogen-bond acceptors (Lipinski definition) is 7. The molecule has 3 aromatic rings. The molecule has 8 nitrogen and oxygen atoms in total. The van der Waals surface area contributed by atoms with Crippen molar-refractivity contribution >= 4 is 11.9 Å². The predicted octanol–water partition coefficient (Wildman–Crippen LogP) is 2.97. The van der Waals surface area contributed by atoms with E-state index in [9.17, 15) is 4.79 Å². The number of benzene rings is 1. The lowest BCUT2D eigenvalue weighted by Gasteiger charge is -2.32. The van der Waals surface area contributed by atoms with E-state index in [-0.39, 0.29) is 17.8 Å². The summed E-state index contributed by atoms with van der Waals surface area (Å²) >= 11 is 0. The number of hydrogen-bond donors (Lipinski definition) is 1. The summed E-state index contributed by atoms with van der Waals surface area (Å²) in [5, 5.41) is 0. The Kier molecular flexibility index (Phi) is 5.33. The zero-order chi connectivity index (χ0) is 20.2. The predicted molar refractivity (Wildman–Crippen MR) is 108 cm³/mol. The molecule has 0 unspecified atom stereocenters. The Hall–Kier alpha value is -3.55. The van der Waals surface area contributed by atoms with E-state index in [0.29, 0.717) is 36.1 Å². The number of ether oxygens (including phenoxy) is 1. The van der Waals surface area contributed by atoms with Gasteiger partial charge in [-0.05, 0) is 38.0 Å². The third-order valence-electron chi connectivity index (χ3n) is 4.81. The number of nitrogens with two attached hydrogens (primary N) is 1. The fourth-order valence-electron chi connectivity index (χ4n) is 3.48. The van der Waals surface area contributed by atoms with Crippen LogP contribution in [0, 0.1) is 6.92 Å². The standard InChI is InChI=1S/C21H22N6O2/c1-14-10-17(26-21(22)24-14)20(28)27-9-5-6-15(13-27)18-11-23-12-19(25-18)29-16-7-3-2-4-8-16/h2-4,7-8,10-12,15H,5-6,9,13H2,1H3,(H2,22,24,26)/t15-/m0/s1. The summed E-state index contributed by atoms with van der Waals surface area (Å²) in [7, 11) is 0. The molecule has 1 amide bonds. The smallest absolute Gasteiger partial charge is 0.272 e. The number of carbonyl (C=O) groups is 1. The molecule has 1 aliphatic heterocycles. The molecule has 2 N–H and O–H groups in total. The van der Waals surface area contributed by atoms with Crippen LogP contribution in [0.2, 0.25) is 0 Å². The van der Waals surface area contributed by atoms with Gasteiger partial charge in [-0.15, -0.1) is 0 Å². The first kappa shape index (κ1) is 18.8. The van der Waals surface area contributed by atoms with Crippen LogP contribution in [0.25, 0.3) is 0 Å². The third kappa shape index (κ3) is 4.48. The first-order chi connectivity index (χ1) is 14.1. The van der Waals surface area contributed by atoms with Crippen molar-refractivity contribution in [3.05, 3.63) is 65.9 Å². The van der Waals surface area contributed by atoms with E-state index in [0.717, 1.165) is 18.5 Å². The number of nitrogens with zero attached hydrogens (tertiary/aromatic N) is 5. The van der Waals surface area contributed by atoms with Crippen LogP contribution >= 0.6 is 0 Å². The molecule has 148 valence electrons. The number of amides is 1. The summed E-state index contributed by atoms with van der Waals surface area (Å²) in [5.41, 5.74) is 7.51. The molecule has 2 aromatic heterocycles. The van der Waals surface area contributed by atoms with Gasteiger partial charge in [0.2, 0.25) is 11.8 Å². The maximum absolute atomic E-state index is 12.9. The van der Waals surface area contributed by atoms with Gasteiger partial charge in [0.15, 0.2) is 0 Å². The van der Waals surface area contributed by atoms with Gasteiger partial charge in [0.25, 0.3) is 5.91 Å². The fraction of sp³-hybridized carbons (Fsp3) is 0.286. The van der Waals surface area contributed by atoms with Crippen LogP contribution in [-0.4, -0.2) is 43.8 Å². The largest absolute Gasteiger partial charge is 0.437 e. The van der Waals surface area contributed by atoms with Crippen molar-refractivity contribution in [1.82, 2.24) is 24.8 Å². The molecule has 1 fully saturated rings. The van der Waals surface area contributed by atoms with Crippen LogP contribution in [0.3, 0.4) is 0 Å². The SMILES string of the molecule is Cc1cc(C(=O)N2CCC[C@H](c3cncc(Oc4ccccc4)n3)C2)nc(N)n1. The highest BCUT2D eigenvalue weighted by Crippen LogP contribution is 2.28. The summed E-state index contributed by atoms with van der Waals surface area (Å²) in [6.07, 6.45) is 5.14. The zero-order valence-electron chi connectivity index (χ0n) is 16.2. The Bertz CT molecular complexity index is 991. The first-order valence-corrected chi connectivity index (χ1v) is 9.54. The van der Waals surface area contributed by atoms with E-state index in [4.69, 9.17) is 10.5 Å². The summed E-state index contributed by atoms with van der Waals surface area (Å²) in [6, 6.07) is 11.1. The van der Waals surface area contributed by atoms with Gasteiger partial charge in [0, 0.05) is 30.9 Å². The molecule has 4 rings (SSSR count). The van der Waals surface area contributed by atoms with Gasteiger partial charge in [-0.25, -0.2) is 15.0 Å². The van der Waals surface area contributed by atoms with Crippen molar-refractivity contribution in [2.75, 3.05) is 18.8 Å². The Morgan fingerprint density at radius 2 is 2.00 bits per heavy atom. The topological polar surface area (TPSA) is 107 Å². The highest BCUT2D eigenvalue weighted by Gasteiger charge is 2.27. The van der Waals surface area contributed by atoms with Crippen molar-refractivity contribution in [3.8, 4) is 11.6 Å². The van der Waals surface area contributed by atoms with Gasteiger partial charge >= 0.3 is 0 Å². The molecule has 1 saturated heterocycles. The molecule has 1 aromatic carbocycles. The lowest BCUT2D eigenvalue weighted by atomic mass is 9.95. The minimum absolute atomic E-state index is 0.0832. The van der Waals surface area contributed by atoms with Crippen molar-refractivity contribution in [3.63, 3.8) is 0 Å². The molecular formula is C21H22N6O2. The number of nitrogen functional groups attached to an aromatic ring is 1. The molecule has 3 heterocycles. The van der Waals surface area contributed by atoms with E-state index < -0.39 is 0 Å². The van der Waals surface area contributed by atoms with Gasteiger partial charge < -0.3 is 15.4 Å². The highest BCUT2D eigenvalue weighted by atomic mass is 16.5. The van der Waals surface area contributed by atoms with Gasteiger partial charge in [-0.1, -0.05) is 18.2 Å². The Labute approximate surface area is 168 Å². The number of anilines is 1. The highest BCUT2D eigenvalue weighted by molar-refractivity contribution is 5.92. The number of aryl methyl sites for hydroxylation is 1. The summed E-state index contributed by atoms with van der Waals surface area (Å²) in [5.74, 6) is 1.20. The summed E-state index contributed by atoms with van der Waals surface area (Å²) in [4.78, 5) is 31.7. The Morgan fingerprint density at radius 1 is 1.17 bits per heavy atom. The second-order valence-electron chi connectivity index (χ2n) is 7.04. The van der Waals surface area contributed by atoms with Crippen LogP contribution < -0.4 is 10.5 Å². The maximum Gasteiger partial charge on any atom is 0.272 e. The zero-order valence-corrected chi connectivity index (χ0v) is 16.2. The van der Waals surface area contributed by atoms with Crippen molar-refractivity contribution in [2.45, 2.75) is 25.7 Å². The Balaban J connectivity index is 1.49. The lowest BCUT2D eigenvalue weighted by Crippen LogP contribution is -2.39. The molecule has 8 heteroatoms. The molecule has 29 heavy (non-hydrogen) atoms. The number of carbonyl (C=O) groups excluding carboxylic acids is 1. The summed E-state index contributed by atoms with van der Waals surface area (Å²) < 4.78 is 5.79. The lowest BCUT2D eigenvalue weighted by molar-refractivity contribution is 0.0699. The van der Waals surface area contributed by atoms with Gasteiger partial charge in [0.05, 0.1) is 11.9 Å². The van der Waals surface area contributed by atoms with E-state index in [1.165, 1.54) is 0 Å². The van der Waals surface area contributed by atoms with Crippen molar-refractivity contribution in [2.24, 2.45) is 0 Å². The molecule has 1 atom stereocenters.